The Morgan fingerprint density at radius 1 is 1.32 bits per heavy atom. The molecule has 0 spiro atoms. The van der Waals surface area contributed by atoms with Crippen molar-refractivity contribution in [3.05, 3.63) is 46.0 Å². The van der Waals surface area contributed by atoms with Crippen LogP contribution in [0.3, 0.4) is 0 Å². The Balaban J connectivity index is 2.80. The molecule has 0 aromatic heterocycles. The van der Waals surface area contributed by atoms with Crippen molar-refractivity contribution in [1.82, 2.24) is 5.32 Å². The molecule has 0 aliphatic heterocycles. The second-order valence-corrected chi connectivity index (χ2v) is 5.09. The highest BCUT2D eigenvalue weighted by atomic mass is 16.6. The third-order valence-electron chi connectivity index (χ3n) is 3.42. The third-order valence-corrected chi connectivity index (χ3v) is 3.42. The number of nitrogens with zero attached hydrogens (tertiary/aromatic N) is 1. The van der Waals surface area contributed by atoms with Crippen LogP contribution in [-0.2, 0) is 16.1 Å². The molecule has 0 fully saturated rings. The fraction of sp³-hybridized carbons (Fsp3) is 0.562. The zero-order chi connectivity index (χ0) is 16.4. The van der Waals surface area contributed by atoms with Gasteiger partial charge in [-0.1, -0.05) is 43.7 Å². The molecule has 1 N–H and O–H groups in total. The van der Waals surface area contributed by atoms with Crippen LogP contribution in [-0.4, -0.2) is 29.6 Å². The molecule has 0 saturated carbocycles. The van der Waals surface area contributed by atoms with Crippen molar-refractivity contribution in [2.45, 2.75) is 51.7 Å². The Kier molecular flexibility index (Phi) is 8.14. The van der Waals surface area contributed by atoms with E-state index in [2.05, 4.69) is 5.32 Å². The van der Waals surface area contributed by atoms with Gasteiger partial charge in [0.05, 0.1) is 6.61 Å². The van der Waals surface area contributed by atoms with Crippen LogP contribution in [0, 0.1) is 10.1 Å². The first kappa shape index (κ1) is 18.1. The predicted octanol–water partition coefficient (Wildman–Crippen LogP) is 2.54. The Labute approximate surface area is 131 Å². The van der Waals surface area contributed by atoms with Crippen LogP contribution in [0.4, 0.5) is 0 Å². The van der Waals surface area contributed by atoms with Gasteiger partial charge in [0.15, 0.2) is 6.04 Å². The molecule has 1 rings (SSSR count). The normalized spacial score (nSPS) is 13.4. The first-order chi connectivity index (χ1) is 10.6. The van der Waals surface area contributed by atoms with E-state index in [4.69, 9.17) is 4.74 Å². The number of ether oxygens (including phenoxy) is 1. The molecule has 22 heavy (non-hydrogen) atoms. The molecular weight excluding hydrogens is 284 g/mol. The molecule has 6 nitrogen and oxygen atoms in total. The van der Waals surface area contributed by atoms with Gasteiger partial charge in [0.1, 0.15) is 0 Å². The van der Waals surface area contributed by atoms with Crippen LogP contribution < -0.4 is 5.32 Å². The van der Waals surface area contributed by atoms with Gasteiger partial charge < -0.3 is 4.74 Å². The highest BCUT2D eigenvalue weighted by molar-refractivity contribution is 5.76. The minimum Gasteiger partial charge on any atom is -0.465 e. The quantitative estimate of drug-likeness (QED) is 0.408. The van der Waals surface area contributed by atoms with Crippen molar-refractivity contribution >= 4 is 5.97 Å². The van der Waals surface area contributed by atoms with E-state index in [1.807, 2.05) is 37.3 Å². The summed E-state index contributed by atoms with van der Waals surface area (Å²) in [6, 6.07) is 7.58. The standard InChI is InChI=1S/C16H24N2O4/c1-3-5-11-14(18(20)21)15(16(19)22-4-2)17-12-13-9-7-6-8-10-13/h6-10,14-15,17H,3-5,11-12H2,1-2H3. The topological polar surface area (TPSA) is 81.5 Å². The second-order valence-electron chi connectivity index (χ2n) is 5.09. The highest BCUT2D eigenvalue weighted by Gasteiger charge is 2.37. The SMILES string of the molecule is CCCCC(C(NCc1ccccc1)C(=O)OCC)[N+](=O)[O-]. The Bertz CT molecular complexity index is 464. The van der Waals surface area contributed by atoms with E-state index in [1.165, 1.54) is 0 Å². The highest BCUT2D eigenvalue weighted by Crippen LogP contribution is 2.11. The van der Waals surface area contributed by atoms with Gasteiger partial charge in [-0.3, -0.25) is 20.2 Å². The molecule has 122 valence electrons. The zero-order valence-corrected chi connectivity index (χ0v) is 13.2. The summed E-state index contributed by atoms with van der Waals surface area (Å²) in [5.74, 6) is -0.559. The average Bonchev–Trinajstić information content (AvgIpc) is 2.51. The number of nitrogens with one attached hydrogen (secondary N) is 1. The monoisotopic (exact) mass is 308 g/mol. The summed E-state index contributed by atoms with van der Waals surface area (Å²) in [5, 5.41) is 14.3. The van der Waals surface area contributed by atoms with Crippen molar-refractivity contribution in [1.29, 1.82) is 0 Å². The van der Waals surface area contributed by atoms with E-state index in [9.17, 15) is 14.9 Å². The zero-order valence-electron chi connectivity index (χ0n) is 13.2. The minimum atomic E-state index is -0.970. The summed E-state index contributed by atoms with van der Waals surface area (Å²) in [7, 11) is 0. The second kappa shape index (κ2) is 9.89. The summed E-state index contributed by atoms with van der Waals surface area (Å²) in [4.78, 5) is 23.0. The van der Waals surface area contributed by atoms with Crippen LogP contribution in [0.25, 0.3) is 0 Å². The van der Waals surface area contributed by atoms with Gasteiger partial charge in [-0.05, 0) is 18.9 Å². The molecule has 0 saturated heterocycles. The first-order valence-electron chi connectivity index (χ1n) is 7.67. The maximum atomic E-state index is 12.1. The summed E-state index contributed by atoms with van der Waals surface area (Å²) in [6.07, 6.45) is 1.90. The predicted molar refractivity (Wildman–Crippen MR) is 84.0 cm³/mol. The van der Waals surface area contributed by atoms with Crippen LogP contribution >= 0.6 is 0 Å². The van der Waals surface area contributed by atoms with Gasteiger partial charge in [0, 0.05) is 17.9 Å². The van der Waals surface area contributed by atoms with Crippen molar-refractivity contribution < 1.29 is 14.5 Å². The van der Waals surface area contributed by atoms with Gasteiger partial charge in [0.2, 0.25) is 6.04 Å². The van der Waals surface area contributed by atoms with E-state index < -0.39 is 18.1 Å². The van der Waals surface area contributed by atoms with Crippen LogP contribution in [0.2, 0.25) is 0 Å². The third kappa shape index (κ3) is 5.81. The molecule has 1 aromatic carbocycles. The molecule has 2 unspecified atom stereocenters. The van der Waals surface area contributed by atoms with Crippen molar-refractivity contribution in [3.8, 4) is 0 Å². The maximum Gasteiger partial charge on any atom is 0.330 e. The summed E-state index contributed by atoms with van der Waals surface area (Å²) in [6.45, 7) is 4.26. The van der Waals surface area contributed by atoms with Gasteiger partial charge >= 0.3 is 5.97 Å². The molecule has 0 radical (unpaired) electrons. The van der Waals surface area contributed by atoms with Crippen molar-refractivity contribution in [2.75, 3.05) is 6.61 Å². The van der Waals surface area contributed by atoms with E-state index >= 15 is 0 Å². The van der Waals surface area contributed by atoms with E-state index in [0.29, 0.717) is 19.4 Å². The van der Waals surface area contributed by atoms with E-state index in [1.54, 1.807) is 6.92 Å². The average molecular weight is 308 g/mol. The van der Waals surface area contributed by atoms with Gasteiger partial charge in [-0.2, -0.15) is 0 Å². The minimum absolute atomic E-state index is 0.209. The number of hydrogen-bond acceptors (Lipinski definition) is 5. The molecule has 0 bridgehead atoms. The summed E-state index contributed by atoms with van der Waals surface area (Å²) >= 11 is 0. The maximum absolute atomic E-state index is 12.1. The fourth-order valence-electron chi connectivity index (χ4n) is 2.24. The van der Waals surface area contributed by atoms with Gasteiger partial charge in [-0.15, -0.1) is 0 Å². The molecule has 0 amide bonds. The Morgan fingerprint density at radius 2 is 2.00 bits per heavy atom. The molecule has 1 aromatic rings. The lowest BCUT2D eigenvalue weighted by molar-refractivity contribution is -0.526. The number of nitro groups is 1. The molecule has 2 atom stereocenters. The number of esters is 1. The lowest BCUT2D eigenvalue weighted by atomic mass is 10.0. The number of unbranched alkanes of at least 4 members (excludes halogenated alkanes) is 1. The van der Waals surface area contributed by atoms with Gasteiger partial charge in [0.25, 0.3) is 0 Å². The van der Waals surface area contributed by atoms with Crippen LogP contribution in [0.5, 0.6) is 0 Å². The largest absolute Gasteiger partial charge is 0.465 e. The fourth-order valence-corrected chi connectivity index (χ4v) is 2.24. The number of carbonyl (C=O) groups is 1. The summed E-state index contributed by atoms with van der Waals surface area (Å²) < 4.78 is 5.00. The van der Waals surface area contributed by atoms with Crippen LogP contribution in [0.1, 0.15) is 38.7 Å². The van der Waals surface area contributed by atoms with Crippen molar-refractivity contribution in [2.24, 2.45) is 0 Å². The lowest BCUT2D eigenvalue weighted by Gasteiger charge is -2.20. The van der Waals surface area contributed by atoms with E-state index in [-0.39, 0.29) is 11.5 Å². The number of rotatable bonds is 10. The van der Waals surface area contributed by atoms with Crippen LogP contribution in [0.15, 0.2) is 30.3 Å². The van der Waals surface area contributed by atoms with Crippen molar-refractivity contribution in [3.63, 3.8) is 0 Å². The van der Waals surface area contributed by atoms with Gasteiger partial charge in [-0.25, -0.2) is 0 Å². The molecule has 0 aliphatic carbocycles. The number of carbonyl (C=O) groups excluding carboxylic acids is 1. The smallest absolute Gasteiger partial charge is 0.330 e. The first-order valence-corrected chi connectivity index (χ1v) is 7.67. The Morgan fingerprint density at radius 3 is 2.55 bits per heavy atom. The molecular formula is C16H24N2O4. The summed E-state index contributed by atoms with van der Waals surface area (Å²) in [5.41, 5.74) is 0.967. The molecule has 0 heterocycles. The number of hydrogen-bond donors (Lipinski definition) is 1. The number of benzene rings is 1. The Hall–Kier alpha value is -1.95. The van der Waals surface area contributed by atoms with E-state index in [0.717, 1.165) is 12.0 Å². The molecule has 0 aliphatic rings. The lowest BCUT2D eigenvalue weighted by Crippen LogP contribution is -2.50. The molecule has 6 heteroatoms.